The zero-order chi connectivity index (χ0) is 13.3. The van der Waals surface area contributed by atoms with Crippen LogP contribution in [0, 0.1) is 13.8 Å². The van der Waals surface area contributed by atoms with E-state index in [1.54, 1.807) is 0 Å². The highest BCUT2D eigenvalue weighted by molar-refractivity contribution is 7.15. The van der Waals surface area contributed by atoms with Crippen molar-refractivity contribution in [1.82, 2.24) is 9.78 Å². The number of rotatable bonds is 4. The lowest BCUT2D eigenvalue weighted by atomic mass is 10.1. The van der Waals surface area contributed by atoms with Crippen molar-refractivity contribution in [1.29, 1.82) is 0 Å². The number of nitrogens with zero attached hydrogens (tertiary/aromatic N) is 2. The molecule has 0 radical (unpaired) electrons. The van der Waals surface area contributed by atoms with Crippen LogP contribution in [-0.4, -0.2) is 16.3 Å². The van der Waals surface area contributed by atoms with E-state index in [1.165, 1.54) is 21.0 Å². The largest absolute Gasteiger partial charge is 0.330 e. The first-order chi connectivity index (χ1) is 8.54. The Hall–Kier alpha value is -1.13. The molecule has 2 aromatic rings. The Balaban J connectivity index is 2.35. The smallest absolute Gasteiger partial charge is 0.0683 e. The SMILES string of the molecule is Cc1nn(C)c(C)c1-c1ccc(C(C)CCN)s1. The van der Waals surface area contributed by atoms with Gasteiger partial charge in [0.25, 0.3) is 0 Å². The van der Waals surface area contributed by atoms with Gasteiger partial charge in [-0.25, -0.2) is 0 Å². The van der Waals surface area contributed by atoms with Crippen molar-refractivity contribution in [2.45, 2.75) is 33.1 Å². The van der Waals surface area contributed by atoms with E-state index in [0.717, 1.165) is 18.7 Å². The molecule has 0 aliphatic heterocycles. The molecule has 4 heteroatoms. The minimum atomic E-state index is 0.547. The Morgan fingerprint density at radius 3 is 2.67 bits per heavy atom. The van der Waals surface area contributed by atoms with Crippen LogP contribution >= 0.6 is 11.3 Å². The molecule has 0 aliphatic carbocycles. The molecule has 0 aromatic carbocycles. The van der Waals surface area contributed by atoms with Crippen LogP contribution in [0.25, 0.3) is 10.4 Å². The second-order valence-corrected chi connectivity index (χ2v) is 5.97. The minimum Gasteiger partial charge on any atom is -0.330 e. The molecule has 98 valence electrons. The Morgan fingerprint density at radius 2 is 2.11 bits per heavy atom. The summed E-state index contributed by atoms with van der Waals surface area (Å²) in [5, 5.41) is 4.48. The van der Waals surface area contributed by atoms with Crippen LogP contribution in [0.15, 0.2) is 12.1 Å². The van der Waals surface area contributed by atoms with Crippen LogP contribution in [0.1, 0.15) is 35.5 Å². The maximum atomic E-state index is 5.63. The van der Waals surface area contributed by atoms with Gasteiger partial charge >= 0.3 is 0 Å². The van der Waals surface area contributed by atoms with Crippen molar-refractivity contribution >= 4 is 11.3 Å². The zero-order valence-corrected chi connectivity index (χ0v) is 12.3. The molecule has 0 amide bonds. The Labute approximate surface area is 113 Å². The summed E-state index contributed by atoms with van der Waals surface area (Å²) in [6, 6.07) is 4.44. The van der Waals surface area contributed by atoms with Crippen LogP contribution in [-0.2, 0) is 7.05 Å². The molecule has 0 spiro atoms. The molecular formula is C14H21N3S. The highest BCUT2D eigenvalue weighted by atomic mass is 32.1. The van der Waals surface area contributed by atoms with Crippen LogP contribution in [0.5, 0.6) is 0 Å². The first kappa shape index (κ1) is 13.3. The fourth-order valence-electron chi connectivity index (χ4n) is 2.27. The summed E-state index contributed by atoms with van der Waals surface area (Å²) >= 11 is 1.87. The Morgan fingerprint density at radius 1 is 1.39 bits per heavy atom. The highest BCUT2D eigenvalue weighted by Crippen LogP contribution is 2.36. The van der Waals surface area contributed by atoms with Crippen molar-refractivity contribution in [2.24, 2.45) is 12.8 Å². The molecule has 2 N–H and O–H groups in total. The topological polar surface area (TPSA) is 43.8 Å². The van der Waals surface area contributed by atoms with Gasteiger partial charge in [0.15, 0.2) is 0 Å². The van der Waals surface area contributed by atoms with Gasteiger partial charge < -0.3 is 5.73 Å². The third-order valence-electron chi connectivity index (χ3n) is 3.47. The van der Waals surface area contributed by atoms with Gasteiger partial charge in [0.05, 0.1) is 5.69 Å². The van der Waals surface area contributed by atoms with Crippen molar-refractivity contribution in [3.63, 3.8) is 0 Å². The Bertz CT molecular complexity index is 539. The van der Waals surface area contributed by atoms with E-state index in [1.807, 2.05) is 23.1 Å². The molecule has 0 saturated carbocycles. The monoisotopic (exact) mass is 263 g/mol. The summed E-state index contributed by atoms with van der Waals surface area (Å²) in [4.78, 5) is 2.73. The van der Waals surface area contributed by atoms with E-state index in [4.69, 9.17) is 5.73 Å². The molecule has 18 heavy (non-hydrogen) atoms. The van der Waals surface area contributed by atoms with Crippen molar-refractivity contribution in [3.8, 4) is 10.4 Å². The van der Waals surface area contributed by atoms with E-state index < -0.39 is 0 Å². The molecular weight excluding hydrogens is 242 g/mol. The fourth-order valence-corrected chi connectivity index (χ4v) is 3.52. The van der Waals surface area contributed by atoms with Crippen LogP contribution in [0.4, 0.5) is 0 Å². The third-order valence-corrected chi connectivity index (χ3v) is 4.80. The standard InChI is InChI=1S/C14H21N3S/c1-9(7-8-15)12-5-6-13(18-12)14-10(2)16-17(4)11(14)3/h5-6,9H,7-8,15H2,1-4H3. The predicted octanol–water partition coefficient (Wildman–Crippen LogP) is 3.22. The lowest BCUT2D eigenvalue weighted by molar-refractivity contribution is 0.701. The van der Waals surface area contributed by atoms with Crippen molar-refractivity contribution in [2.75, 3.05) is 6.54 Å². The van der Waals surface area contributed by atoms with Gasteiger partial charge in [0.1, 0.15) is 0 Å². The maximum absolute atomic E-state index is 5.63. The fraction of sp³-hybridized carbons (Fsp3) is 0.500. The summed E-state index contributed by atoms with van der Waals surface area (Å²) in [6.07, 6.45) is 1.05. The van der Waals surface area contributed by atoms with Gasteiger partial charge in [-0.2, -0.15) is 5.10 Å². The predicted molar refractivity (Wildman–Crippen MR) is 78.1 cm³/mol. The van der Waals surface area contributed by atoms with Crippen molar-refractivity contribution < 1.29 is 0 Å². The molecule has 1 atom stereocenters. The van der Waals surface area contributed by atoms with Gasteiger partial charge in [-0.05, 0) is 44.9 Å². The van der Waals surface area contributed by atoms with Gasteiger partial charge in [-0.1, -0.05) is 6.92 Å². The quantitative estimate of drug-likeness (QED) is 0.920. The molecule has 1 unspecified atom stereocenters. The van der Waals surface area contributed by atoms with Crippen LogP contribution < -0.4 is 5.73 Å². The second-order valence-electron chi connectivity index (χ2n) is 4.85. The number of aromatic nitrogens is 2. The lowest BCUT2D eigenvalue weighted by Gasteiger charge is -2.06. The summed E-state index contributed by atoms with van der Waals surface area (Å²) in [5.41, 5.74) is 9.25. The summed E-state index contributed by atoms with van der Waals surface area (Å²) in [5.74, 6) is 0.547. The van der Waals surface area contributed by atoms with Crippen LogP contribution in [0.3, 0.4) is 0 Å². The Kier molecular flexibility index (Phi) is 3.88. The first-order valence-corrected chi connectivity index (χ1v) is 7.16. The average Bonchev–Trinajstić information content (AvgIpc) is 2.86. The highest BCUT2D eigenvalue weighted by Gasteiger charge is 2.15. The number of hydrogen-bond donors (Lipinski definition) is 1. The molecule has 2 aromatic heterocycles. The summed E-state index contributed by atoms with van der Waals surface area (Å²) in [6.45, 7) is 7.19. The van der Waals surface area contributed by atoms with E-state index in [9.17, 15) is 0 Å². The molecule has 3 nitrogen and oxygen atoms in total. The molecule has 0 fully saturated rings. The molecule has 0 bridgehead atoms. The summed E-state index contributed by atoms with van der Waals surface area (Å²) in [7, 11) is 2.00. The van der Waals surface area contributed by atoms with E-state index >= 15 is 0 Å². The van der Waals surface area contributed by atoms with Crippen LogP contribution in [0.2, 0.25) is 0 Å². The minimum absolute atomic E-state index is 0.547. The van der Waals surface area contributed by atoms with Gasteiger partial charge in [-0.3, -0.25) is 4.68 Å². The van der Waals surface area contributed by atoms with Gasteiger partial charge in [0.2, 0.25) is 0 Å². The normalized spacial score (nSPS) is 12.9. The maximum Gasteiger partial charge on any atom is 0.0683 e. The van der Waals surface area contributed by atoms with E-state index in [2.05, 4.69) is 38.0 Å². The van der Waals surface area contributed by atoms with E-state index in [0.29, 0.717) is 5.92 Å². The zero-order valence-electron chi connectivity index (χ0n) is 11.5. The number of hydrogen-bond acceptors (Lipinski definition) is 3. The van der Waals surface area contributed by atoms with Gasteiger partial charge in [0, 0.05) is 28.1 Å². The lowest BCUT2D eigenvalue weighted by Crippen LogP contribution is -2.03. The number of aryl methyl sites for hydroxylation is 2. The second kappa shape index (κ2) is 5.24. The molecule has 0 saturated heterocycles. The number of thiophene rings is 1. The number of nitrogens with two attached hydrogens (primary N) is 1. The van der Waals surface area contributed by atoms with Gasteiger partial charge in [-0.15, -0.1) is 11.3 Å². The summed E-state index contributed by atoms with van der Waals surface area (Å²) < 4.78 is 1.95. The third kappa shape index (κ3) is 2.35. The van der Waals surface area contributed by atoms with Crippen molar-refractivity contribution in [3.05, 3.63) is 28.4 Å². The average molecular weight is 263 g/mol. The van der Waals surface area contributed by atoms with E-state index in [-0.39, 0.29) is 0 Å². The molecule has 2 heterocycles. The first-order valence-electron chi connectivity index (χ1n) is 6.35. The molecule has 0 aliphatic rings. The molecule has 2 rings (SSSR count).